The molecule has 4 bridgehead atoms. The zero-order valence-electron chi connectivity index (χ0n) is 16.2. The fraction of sp³-hybridized carbons (Fsp3) is 0.696. The SMILES string of the molecule is O=C(NCCN1CCOC(c2ccccc2)C1)C12CC3CC(CC(C3)C1)C2. The van der Waals surface area contributed by atoms with Crippen LogP contribution in [-0.4, -0.2) is 43.6 Å². The molecule has 27 heavy (non-hydrogen) atoms. The van der Waals surface area contributed by atoms with Crippen molar-refractivity contribution in [1.29, 1.82) is 0 Å². The van der Waals surface area contributed by atoms with Crippen LogP contribution < -0.4 is 5.32 Å². The number of amides is 1. The lowest BCUT2D eigenvalue weighted by Gasteiger charge is -2.55. The van der Waals surface area contributed by atoms with Gasteiger partial charge in [0.1, 0.15) is 0 Å². The molecule has 4 heteroatoms. The topological polar surface area (TPSA) is 41.6 Å². The van der Waals surface area contributed by atoms with E-state index in [1.165, 1.54) is 24.8 Å². The lowest BCUT2D eigenvalue weighted by Crippen LogP contribution is -2.54. The normalized spacial score (nSPS) is 38.1. The molecule has 1 saturated heterocycles. The van der Waals surface area contributed by atoms with E-state index in [0.29, 0.717) is 5.91 Å². The minimum atomic E-state index is -0.0215. The molecule has 4 aliphatic carbocycles. The van der Waals surface area contributed by atoms with Crippen molar-refractivity contribution in [3.05, 3.63) is 35.9 Å². The average Bonchev–Trinajstić information content (AvgIpc) is 2.68. The Morgan fingerprint density at radius 1 is 1.07 bits per heavy atom. The number of ether oxygens (including phenoxy) is 1. The van der Waals surface area contributed by atoms with Crippen LogP contribution in [-0.2, 0) is 9.53 Å². The third-order valence-corrected chi connectivity index (χ3v) is 7.56. The predicted octanol–water partition coefficient (Wildman–Crippen LogP) is 3.39. The Hall–Kier alpha value is -1.39. The molecular weight excluding hydrogens is 336 g/mol. The van der Waals surface area contributed by atoms with Crippen molar-refractivity contribution in [1.82, 2.24) is 10.2 Å². The Labute approximate surface area is 162 Å². The number of hydrogen-bond acceptors (Lipinski definition) is 3. The molecule has 0 radical (unpaired) electrons. The first-order valence-corrected chi connectivity index (χ1v) is 10.9. The molecule has 1 atom stereocenters. The van der Waals surface area contributed by atoms with E-state index in [0.717, 1.165) is 69.8 Å². The van der Waals surface area contributed by atoms with E-state index >= 15 is 0 Å². The second-order valence-electron chi connectivity index (χ2n) is 9.52. The number of carbonyl (C=O) groups is 1. The zero-order chi connectivity index (χ0) is 18.3. The van der Waals surface area contributed by atoms with Gasteiger partial charge in [0.05, 0.1) is 12.7 Å². The molecule has 146 valence electrons. The Bertz CT molecular complexity index is 639. The highest BCUT2D eigenvalue weighted by atomic mass is 16.5. The van der Waals surface area contributed by atoms with Gasteiger partial charge in [-0.15, -0.1) is 0 Å². The second kappa shape index (κ2) is 7.21. The summed E-state index contributed by atoms with van der Waals surface area (Å²) in [6, 6.07) is 10.5. The minimum absolute atomic E-state index is 0.0215. The molecule has 1 amide bonds. The molecule has 5 fully saturated rings. The summed E-state index contributed by atoms with van der Waals surface area (Å²) in [5.41, 5.74) is 1.23. The molecule has 5 aliphatic rings. The van der Waals surface area contributed by atoms with E-state index in [1.54, 1.807) is 0 Å². The monoisotopic (exact) mass is 368 g/mol. The molecule has 6 rings (SSSR count). The number of rotatable bonds is 5. The first-order chi connectivity index (χ1) is 13.2. The van der Waals surface area contributed by atoms with Gasteiger partial charge in [-0.25, -0.2) is 0 Å². The van der Waals surface area contributed by atoms with E-state index in [4.69, 9.17) is 4.74 Å². The van der Waals surface area contributed by atoms with Crippen LogP contribution in [0.3, 0.4) is 0 Å². The molecule has 1 N–H and O–H groups in total. The highest BCUT2D eigenvalue weighted by Gasteiger charge is 2.54. The van der Waals surface area contributed by atoms with Gasteiger partial charge in [0.25, 0.3) is 0 Å². The van der Waals surface area contributed by atoms with Crippen LogP contribution in [0.5, 0.6) is 0 Å². The van der Waals surface area contributed by atoms with E-state index in [2.05, 4.69) is 34.5 Å². The highest BCUT2D eigenvalue weighted by molar-refractivity contribution is 5.83. The van der Waals surface area contributed by atoms with E-state index in [-0.39, 0.29) is 11.5 Å². The largest absolute Gasteiger partial charge is 0.371 e. The number of benzene rings is 1. The van der Waals surface area contributed by atoms with Crippen molar-refractivity contribution in [3.63, 3.8) is 0 Å². The zero-order valence-corrected chi connectivity index (χ0v) is 16.2. The van der Waals surface area contributed by atoms with Crippen molar-refractivity contribution >= 4 is 5.91 Å². The lowest BCUT2D eigenvalue weighted by molar-refractivity contribution is -0.146. The van der Waals surface area contributed by atoms with Gasteiger partial charge < -0.3 is 10.1 Å². The molecule has 0 aromatic heterocycles. The summed E-state index contributed by atoms with van der Waals surface area (Å²) in [4.78, 5) is 15.5. The number of morpholine rings is 1. The van der Waals surface area contributed by atoms with Crippen LogP contribution in [0.2, 0.25) is 0 Å². The molecule has 1 aromatic rings. The molecule has 0 spiro atoms. The molecule has 4 saturated carbocycles. The maximum Gasteiger partial charge on any atom is 0.226 e. The van der Waals surface area contributed by atoms with Crippen molar-refractivity contribution in [2.45, 2.75) is 44.6 Å². The van der Waals surface area contributed by atoms with Crippen LogP contribution in [0.1, 0.15) is 50.2 Å². The van der Waals surface area contributed by atoms with Gasteiger partial charge in [0.2, 0.25) is 5.91 Å². The Balaban J connectivity index is 1.13. The summed E-state index contributed by atoms with van der Waals surface area (Å²) in [6.45, 7) is 4.32. The maximum atomic E-state index is 13.1. The van der Waals surface area contributed by atoms with Gasteiger partial charge in [-0.2, -0.15) is 0 Å². The molecular formula is C23H32N2O2. The summed E-state index contributed by atoms with van der Waals surface area (Å²) in [5.74, 6) is 2.84. The average molecular weight is 369 g/mol. The fourth-order valence-electron chi connectivity index (χ4n) is 6.68. The molecule has 1 aromatic carbocycles. The second-order valence-corrected chi connectivity index (χ2v) is 9.52. The lowest BCUT2D eigenvalue weighted by atomic mass is 9.49. The summed E-state index contributed by atoms with van der Waals surface area (Å²) >= 11 is 0. The quantitative estimate of drug-likeness (QED) is 0.866. The van der Waals surface area contributed by atoms with Crippen LogP contribution >= 0.6 is 0 Å². The standard InChI is InChI=1S/C23H32N2O2/c26-22(23-13-17-10-18(14-23)12-19(11-17)15-23)24-6-7-25-8-9-27-21(16-25)20-4-2-1-3-5-20/h1-5,17-19,21H,6-16H2,(H,24,26). The molecule has 1 unspecified atom stereocenters. The third-order valence-electron chi connectivity index (χ3n) is 7.56. The third kappa shape index (κ3) is 3.54. The van der Waals surface area contributed by atoms with Crippen LogP contribution in [0.25, 0.3) is 0 Å². The first kappa shape index (κ1) is 17.7. The van der Waals surface area contributed by atoms with Gasteiger partial charge in [-0.1, -0.05) is 30.3 Å². The summed E-state index contributed by atoms with van der Waals surface area (Å²) in [5, 5.41) is 3.32. The molecule has 4 nitrogen and oxygen atoms in total. The summed E-state index contributed by atoms with van der Waals surface area (Å²) in [7, 11) is 0. The summed E-state index contributed by atoms with van der Waals surface area (Å²) in [6.07, 6.45) is 7.78. The van der Waals surface area contributed by atoms with E-state index in [9.17, 15) is 4.79 Å². The van der Waals surface area contributed by atoms with Gasteiger partial charge >= 0.3 is 0 Å². The van der Waals surface area contributed by atoms with Gasteiger partial charge in [0, 0.05) is 31.6 Å². The van der Waals surface area contributed by atoms with Crippen molar-refractivity contribution in [2.24, 2.45) is 23.2 Å². The van der Waals surface area contributed by atoms with Gasteiger partial charge in [-0.05, 0) is 61.8 Å². The fourth-order valence-corrected chi connectivity index (χ4v) is 6.68. The Morgan fingerprint density at radius 3 is 2.41 bits per heavy atom. The number of carbonyl (C=O) groups excluding carboxylic acids is 1. The number of nitrogens with one attached hydrogen (secondary N) is 1. The van der Waals surface area contributed by atoms with E-state index in [1.807, 2.05) is 6.07 Å². The minimum Gasteiger partial charge on any atom is -0.371 e. The summed E-state index contributed by atoms with van der Waals surface area (Å²) < 4.78 is 5.96. The van der Waals surface area contributed by atoms with Gasteiger partial charge in [-0.3, -0.25) is 9.69 Å². The van der Waals surface area contributed by atoms with Crippen LogP contribution in [0.15, 0.2) is 30.3 Å². The van der Waals surface area contributed by atoms with Crippen molar-refractivity contribution in [3.8, 4) is 0 Å². The Kier molecular flexibility index (Phi) is 4.73. The Morgan fingerprint density at radius 2 is 1.74 bits per heavy atom. The first-order valence-electron chi connectivity index (χ1n) is 10.9. The van der Waals surface area contributed by atoms with Crippen molar-refractivity contribution < 1.29 is 9.53 Å². The van der Waals surface area contributed by atoms with Crippen molar-refractivity contribution in [2.75, 3.05) is 32.8 Å². The van der Waals surface area contributed by atoms with Gasteiger partial charge in [0.15, 0.2) is 0 Å². The highest BCUT2D eigenvalue weighted by Crippen LogP contribution is 2.60. The molecule has 1 aliphatic heterocycles. The number of hydrogen-bond donors (Lipinski definition) is 1. The smallest absolute Gasteiger partial charge is 0.226 e. The van der Waals surface area contributed by atoms with Crippen LogP contribution in [0, 0.1) is 23.2 Å². The molecule has 1 heterocycles. The van der Waals surface area contributed by atoms with E-state index < -0.39 is 0 Å². The predicted molar refractivity (Wildman–Crippen MR) is 105 cm³/mol. The maximum absolute atomic E-state index is 13.1. The van der Waals surface area contributed by atoms with Crippen LogP contribution in [0.4, 0.5) is 0 Å². The number of nitrogens with zero attached hydrogens (tertiary/aromatic N) is 1.